The molecule has 2 aromatic heterocycles. The van der Waals surface area contributed by atoms with Crippen LogP contribution in [0, 0.1) is 6.92 Å². The number of alkyl halides is 3. The Morgan fingerprint density at radius 3 is 2.33 bits per heavy atom. The van der Waals surface area contributed by atoms with Gasteiger partial charge < -0.3 is 14.0 Å². The predicted octanol–water partition coefficient (Wildman–Crippen LogP) is 5.14. The molecule has 0 atom stereocenters. The number of aromatic nitrogens is 2. The molecular weight excluding hydrogens is 361 g/mol. The summed E-state index contributed by atoms with van der Waals surface area (Å²) in [6.07, 6.45) is -4.62. The summed E-state index contributed by atoms with van der Waals surface area (Å²) in [5, 5.41) is 3.83. The van der Waals surface area contributed by atoms with Crippen molar-refractivity contribution in [1.29, 1.82) is 0 Å². The molecule has 0 saturated carbocycles. The SMILES string of the molecule is CCOc1cc(C(F)(F)F)nc(-c2ccc(OC)cc2)c1-c1cc(C)no1. The van der Waals surface area contributed by atoms with Crippen molar-refractivity contribution < 1.29 is 27.2 Å². The number of hydrogen-bond acceptors (Lipinski definition) is 5. The van der Waals surface area contributed by atoms with Gasteiger partial charge >= 0.3 is 6.18 Å². The van der Waals surface area contributed by atoms with Crippen molar-refractivity contribution in [3.8, 4) is 34.1 Å². The standard InChI is InChI=1S/C19H17F3N2O3/c1-4-26-14-10-16(19(20,21)22)23-18(12-5-7-13(25-3)8-6-12)17(14)15-9-11(2)24-27-15/h5-10H,4H2,1-3H3. The van der Waals surface area contributed by atoms with Gasteiger partial charge in [-0.05, 0) is 38.1 Å². The Balaban J connectivity index is 2.30. The lowest BCUT2D eigenvalue weighted by molar-refractivity contribution is -0.141. The maximum absolute atomic E-state index is 13.4. The third-order valence-corrected chi connectivity index (χ3v) is 3.81. The lowest BCUT2D eigenvalue weighted by Gasteiger charge is -2.16. The fourth-order valence-corrected chi connectivity index (χ4v) is 2.61. The van der Waals surface area contributed by atoms with Crippen LogP contribution in [0.3, 0.4) is 0 Å². The number of pyridine rings is 1. The Labute approximate surface area is 153 Å². The van der Waals surface area contributed by atoms with E-state index in [9.17, 15) is 13.2 Å². The molecule has 27 heavy (non-hydrogen) atoms. The molecule has 0 bridgehead atoms. The Morgan fingerprint density at radius 1 is 1.11 bits per heavy atom. The molecular formula is C19H17F3N2O3. The molecule has 0 amide bonds. The quantitative estimate of drug-likeness (QED) is 0.615. The number of methoxy groups -OCH3 is 1. The highest BCUT2D eigenvalue weighted by Crippen LogP contribution is 2.42. The van der Waals surface area contributed by atoms with Gasteiger partial charge in [-0.1, -0.05) is 5.16 Å². The third-order valence-electron chi connectivity index (χ3n) is 3.81. The van der Waals surface area contributed by atoms with Crippen LogP contribution in [0.4, 0.5) is 13.2 Å². The number of aryl methyl sites for hydroxylation is 1. The minimum absolute atomic E-state index is 0.0294. The van der Waals surface area contributed by atoms with E-state index in [1.807, 2.05) is 0 Å². The van der Waals surface area contributed by atoms with E-state index in [0.29, 0.717) is 22.6 Å². The molecule has 3 aromatic rings. The van der Waals surface area contributed by atoms with Crippen LogP contribution >= 0.6 is 0 Å². The summed E-state index contributed by atoms with van der Waals surface area (Å²) in [7, 11) is 1.51. The summed E-state index contributed by atoms with van der Waals surface area (Å²) in [5.41, 5.74) is 0.416. The van der Waals surface area contributed by atoms with Crippen LogP contribution in [0.15, 0.2) is 40.9 Å². The molecule has 0 aliphatic heterocycles. The van der Waals surface area contributed by atoms with Crippen molar-refractivity contribution in [3.63, 3.8) is 0 Å². The number of rotatable bonds is 5. The Hall–Kier alpha value is -3.03. The van der Waals surface area contributed by atoms with Crippen LogP contribution in [0.1, 0.15) is 18.3 Å². The summed E-state index contributed by atoms with van der Waals surface area (Å²) in [4.78, 5) is 3.86. The van der Waals surface area contributed by atoms with E-state index in [0.717, 1.165) is 6.07 Å². The molecule has 1 aromatic carbocycles. The molecule has 0 spiro atoms. The zero-order valence-corrected chi connectivity index (χ0v) is 14.9. The Morgan fingerprint density at radius 2 is 1.81 bits per heavy atom. The van der Waals surface area contributed by atoms with Gasteiger partial charge in [-0.3, -0.25) is 0 Å². The van der Waals surface area contributed by atoms with Gasteiger partial charge in [0, 0.05) is 17.7 Å². The van der Waals surface area contributed by atoms with Gasteiger partial charge in [0.15, 0.2) is 5.76 Å². The smallest absolute Gasteiger partial charge is 0.433 e. The summed E-state index contributed by atoms with van der Waals surface area (Å²) < 4.78 is 56.1. The zero-order valence-electron chi connectivity index (χ0n) is 14.9. The number of ether oxygens (including phenoxy) is 2. The van der Waals surface area contributed by atoms with E-state index in [4.69, 9.17) is 14.0 Å². The van der Waals surface area contributed by atoms with Crippen molar-refractivity contribution >= 4 is 0 Å². The van der Waals surface area contributed by atoms with E-state index >= 15 is 0 Å². The normalized spacial score (nSPS) is 11.5. The minimum Gasteiger partial charge on any atom is -0.497 e. The monoisotopic (exact) mass is 378 g/mol. The average molecular weight is 378 g/mol. The van der Waals surface area contributed by atoms with Crippen LogP contribution in [0.25, 0.3) is 22.6 Å². The van der Waals surface area contributed by atoms with Crippen molar-refractivity contribution in [3.05, 3.63) is 47.8 Å². The van der Waals surface area contributed by atoms with E-state index in [1.54, 1.807) is 44.2 Å². The number of halogens is 3. The summed E-state index contributed by atoms with van der Waals surface area (Å²) in [6.45, 7) is 3.59. The molecule has 0 aliphatic carbocycles. The lowest BCUT2D eigenvalue weighted by atomic mass is 10.0. The highest BCUT2D eigenvalue weighted by atomic mass is 19.4. The first-order valence-corrected chi connectivity index (χ1v) is 8.16. The Kier molecular flexibility index (Phi) is 5.07. The minimum atomic E-state index is -4.62. The van der Waals surface area contributed by atoms with Crippen LogP contribution < -0.4 is 9.47 Å². The topological polar surface area (TPSA) is 57.4 Å². The number of nitrogens with zero attached hydrogens (tertiary/aromatic N) is 2. The second-order valence-electron chi connectivity index (χ2n) is 5.72. The maximum atomic E-state index is 13.4. The van der Waals surface area contributed by atoms with Crippen LogP contribution in [-0.2, 0) is 6.18 Å². The molecule has 5 nitrogen and oxygen atoms in total. The van der Waals surface area contributed by atoms with E-state index in [1.165, 1.54) is 7.11 Å². The van der Waals surface area contributed by atoms with Crippen molar-refractivity contribution in [1.82, 2.24) is 10.1 Å². The van der Waals surface area contributed by atoms with Crippen molar-refractivity contribution in [2.75, 3.05) is 13.7 Å². The van der Waals surface area contributed by atoms with Crippen molar-refractivity contribution in [2.24, 2.45) is 0 Å². The molecule has 0 fully saturated rings. The summed E-state index contributed by atoms with van der Waals surface area (Å²) in [6, 6.07) is 9.05. The maximum Gasteiger partial charge on any atom is 0.433 e. The summed E-state index contributed by atoms with van der Waals surface area (Å²) >= 11 is 0. The Bertz CT molecular complexity index is 934. The van der Waals surface area contributed by atoms with Gasteiger partial charge in [-0.15, -0.1) is 0 Å². The second kappa shape index (κ2) is 7.30. The number of benzene rings is 1. The van der Waals surface area contributed by atoms with Gasteiger partial charge in [-0.25, -0.2) is 4.98 Å². The van der Waals surface area contributed by atoms with Gasteiger partial charge in [0.1, 0.15) is 17.2 Å². The van der Waals surface area contributed by atoms with E-state index in [2.05, 4.69) is 10.1 Å². The second-order valence-corrected chi connectivity index (χ2v) is 5.72. The molecule has 2 heterocycles. The first kappa shape index (κ1) is 18.8. The zero-order chi connectivity index (χ0) is 19.6. The fourth-order valence-electron chi connectivity index (χ4n) is 2.61. The lowest BCUT2D eigenvalue weighted by Crippen LogP contribution is -2.10. The molecule has 8 heteroatoms. The molecule has 3 rings (SSSR count). The molecule has 0 saturated heterocycles. The first-order valence-electron chi connectivity index (χ1n) is 8.16. The summed E-state index contributed by atoms with van der Waals surface area (Å²) in [5.74, 6) is 0.887. The van der Waals surface area contributed by atoms with Crippen LogP contribution in [0.5, 0.6) is 11.5 Å². The van der Waals surface area contributed by atoms with Gasteiger partial charge in [0.05, 0.1) is 30.7 Å². The van der Waals surface area contributed by atoms with Crippen LogP contribution in [-0.4, -0.2) is 23.9 Å². The predicted molar refractivity (Wildman–Crippen MR) is 92.6 cm³/mol. The third kappa shape index (κ3) is 3.89. The number of hydrogen-bond donors (Lipinski definition) is 0. The molecule has 0 N–H and O–H groups in total. The van der Waals surface area contributed by atoms with E-state index in [-0.39, 0.29) is 23.8 Å². The van der Waals surface area contributed by atoms with Crippen molar-refractivity contribution in [2.45, 2.75) is 20.0 Å². The molecule has 0 radical (unpaired) electrons. The van der Waals surface area contributed by atoms with Crippen LogP contribution in [0.2, 0.25) is 0 Å². The molecule has 0 unspecified atom stereocenters. The molecule has 142 valence electrons. The van der Waals surface area contributed by atoms with E-state index < -0.39 is 11.9 Å². The highest BCUT2D eigenvalue weighted by Gasteiger charge is 2.35. The van der Waals surface area contributed by atoms with Gasteiger partial charge in [0.25, 0.3) is 0 Å². The largest absolute Gasteiger partial charge is 0.497 e. The highest BCUT2D eigenvalue weighted by molar-refractivity contribution is 5.83. The first-order chi connectivity index (χ1) is 12.8. The molecule has 0 aliphatic rings. The average Bonchev–Trinajstić information content (AvgIpc) is 3.06. The van der Waals surface area contributed by atoms with Gasteiger partial charge in [-0.2, -0.15) is 13.2 Å². The fraction of sp³-hybridized carbons (Fsp3) is 0.263. The van der Waals surface area contributed by atoms with Gasteiger partial charge in [0.2, 0.25) is 0 Å².